The topological polar surface area (TPSA) is 83.6 Å². The number of hydrogen-bond donors (Lipinski definition) is 1. The van der Waals surface area contributed by atoms with Crippen LogP contribution in [-0.2, 0) is 19.4 Å². The van der Waals surface area contributed by atoms with Gasteiger partial charge < -0.3 is 0 Å². The van der Waals surface area contributed by atoms with Crippen molar-refractivity contribution in [3.05, 3.63) is 0 Å². The monoisotopic (exact) mass is 276 g/mol. The second-order valence-electron chi connectivity index (χ2n) is 4.92. The van der Waals surface area contributed by atoms with Gasteiger partial charge in [-0.1, -0.05) is 6.92 Å². The zero-order valence-corrected chi connectivity index (χ0v) is 11.8. The van der Waals surface area contributed by atoms with Gasteiger partial charge in [-0.25, -0.2) is 8.42 Å². The lowest BCUT2D eigenvalue weighted by Crippen LogP contribution is -2.63. The summed E-state index contributed by atoms with van der Waals surface area (Å²) in [6.45, 7) is 5.27. The van der Waals surface area contributed by atoms with Crippen LogP contribution < -0.4 is 5.32 Å². The van der Waals surface area contributed by atoms with Gasteiger partial charge in [0.1, 0.15) is 9.84 Å². The molecule has 0 aromatic carbocycles. The van der Waals surface area contributed by atoms with Crippen molar-refractivity contribution in [1.29, 1.82) is 0 Å². The molecule has 0 saturated carbocycles. The number of hydrogen-bond acceptors (Lipinski definition) is 5. The first kappa shape index (κ1) is 15.1. The molecule has 1 fully saturated rings. The number of rotatable bonds is 5. The van der Waals surface area contributed by atoms with Crippen molar-refractivity contribution in [2.45, 2.75) is 32.7 Å². The summed E-state index contributed by atoms with van der Waals surface area (Å²) < 4.78 is 22.7. The fourth-order valence-corrected chi connectivity index (χ4v) is 2.59. The lowest BCUT2D eigenvalue weighted by molar-refractivity contribution is -0.152. The highest BCUT2D eigenvalue weighted by Crippen LogP contribution is 2.13. The molecule has 0 aromatic rings. The Morgan fingerprint density at radius 3 is 2.50 bits per heavy atom. The lowest BCUT2D eigenvalue weighted by atomic mass is 10.0. The van der Waals surface area contributed by atoms with Crippen LogP contribution in [0.5, 0.6) is 0 Å². The number of nitrogens with one attached hydrogen (secondary N) is 1. The SMILES string of the molecule is CCS(=O)(=O)CCCN1C(=O)CNC(C)(C)C1=O. The summed E-state index contributed by atoms with van der Waals surface area (Å²) in [7, 11) is -3.05. The number of imide groups is 1. The molecule has 0 radical (unpaired) electrons. The molecule has 1 rings (SSSR count). The number of sulfone groups is 1. The van der Waals surface area contributed by atoms with Crippen LogP contribution in [-0.4, -0.2) is 55.3 Å². The molecule has 0 aromatic heterocycles. The van der Waals surface area contributed by atoms with Crippen LogP contribution in [0.15, 0.2) is 0 Å². The summed E-state index contributed by atoms with van der Waals surface area (Å²) in [4.78, 5) is 24.7. The number of amides is 2. The van der Waals surface area contributed by atoms with Crippen LogP contribution in [0.1, 0.15) is 27.2 Å². The van der Waals surface area contributed by atoms with Crippen LogP contribution in [0.25, 0.3) is 0 Å². The maximum atomic E-state index is 12.0. The van der Waals surface area contributed by atoms with Crippen molar-refractivity contribution < 1.29 is 18.0 Å². The van der Waals surface area contributed by atoms with Crippen LogP contribution in [0.2, 0.25) is 0 Å². The second-order valence-corrected chi connectivity index (χ2v) is 7.39. The minimum atomic E-state index is -3.05. The molecule has 1 saturated heterocycles. The van der Waals surface area contributed by atoms with Gasteiger partial charge in [0.2, 0.25) is 11.8 Å². The number of piperazine rings is 1. The molecule has 1 aliphatic heterocycles. The molecule has 0 unspecified atom stereocenters. The lowest BCUT2D eigenvalue weighted by Gasteiger charge is -2.36. The normalized spacial score (nSPS) is 20.3. The zero-order valence-electron chi connectivity index (χ0n) is 11.0. The standard InChI is InChI=1S/C11H20N2O4S/c1-4-18(16,17)7-5-6-13-9(14)8-12-11(2,3)10(13)15/h12H,4-8H2,1-3H3. The summed E-state index contributed by atoms with van der Waals surface area (Å²) >= 11 is 0. The number of nitrogens with zero attached hydrogens (tertiary/aromatic N) is 1. The van der Waals surface area contributed by atoms with Gasteiger partial charge in [-0.05, 0) is 20.3 Å². The summed E-state index contributed by atoms with van der Waals surface area (Å²) in [6, 6.07) is 0. The van der Waals surface area contributed by atoms with Gasteiger partial charge in [-0.15, -0.1) is 0 Å². The van der Waals surface area contributed by atoms with Gasteiger partial charge in [0.05, 0.1) is 17.8 Å². The van der Waals surface area contributed by atoms with E-state index in [0.29, 0.717) is 6.42 Å². The maximum absolute atomic E-state index is 12.0. The molecule has 104 valence electrons. The van der Waals surface area contributed by atoms with Crippen LogP contribution in [0, 0.1) is 0 Å². The third kappa shape index (κ3) is 3.52. The van der Waals surface area contributed by atoms with Crippen LogP contribution >= 0.6 is 0 Å². The van der Waals surface area contributed by atoms with Gasteiger partial charge in [0.15, 0.2) is 0 Å². The Bertz CT molecular complexity index is 442. The Kier molecular flexibility index (Phi) is 4.50. The molecule has 7 heteroatoms. The van der Waals surface area contributed by atoms with E-state index >= 15 is 0 Å². The van der Waals surface area contributed by atoms with E-state index in [-0.39, 0.29) is 36.4 Å². The van der Waals surface area contributed by atoms with Crippen molar-refractivity contribution in [3.63, 3.8) is 0 Å². The molecule has 1 heterocycles. The van der Waals surface area contributed by atoms with Gasteiger partial charge in [-0.2, -0.15) is 0 Å². The van der Waals surface area contributed by atoms with Crippen molar-refractivity contribution in [3.8, 4) is 0 Å². The Morgan fingerprint density at radius 2 is 1.94 bits per heavy atom. The van der Waals surface area contributed by atoms with Crippen molar-refractivity contribution in [1.82, 2.24) is 10.2 Å². The Balaban J connectivity index is 2.60. The van der Waals surface area contributed by atoms with Gasteiger partial charge in [-0.3, -0.25) is 19.8 Å². The molecular weight excluding hydrogens is 256 g/mol. The van der Waals surface area contributed by atoms with E-state index in [9.17, 15) is 18.0 Å². The zero-order chi connectivity index (χ0) is 14.0. The van der Waals surface area contributed by atoms with Gasteiger partial charge >= 0.3 is 0 Å². The maximum Gasteiger partial charge on any atom is 0.248 e. The van der Waals surface area contributed by atoms with E-state index in [0.717, 1.165) is 4.90 Å². The minimum absolute atomic E-state index is 0.00835. The highest BCUT2D eigenvalue weighted by atomic mass is 32.2. The summed E-state index contributed by atoms with van der Waals surface area (Å²) in [5.74, 6) is -0.503. The Morgan fingerprint density at radius 1 is 1.33 bits per heavy atom. The average Bonchev–Trinajstić information content (AvgIpc) is 2.29. The average molecular weight is 276 g/mol. The second kappa shape index (κ2) is 5.36. The van der Waals surface area contributed by atoms with E-state index in [1.807, 2.05) is 0 Å². The molecule has 0 bridgehead atoms. The first-order chi connectivity index (χ1) is 8.19. The van der Waals surface area contributed by atoms with Crippen molar-refractivity contribution in [2.75, 3.05) is 24.6 Å². The molecule has 0 atom stereocenters. The molecular formula is C11H20N2O4S. The molecule has 1 aliphatic rings. The molecule has 6 nitrogen and oxygen atoms in total. The fourth-order valence-electron chi connectivity index (χ4n) is 1.73. The predicted molar refractivity (Wildman–Crippen MR) is 67.7 cm³/mol. The predicted octanol–water partition coefficient (Wildman–Crippen LogP) is -0.452. The molecule has 2 amide bonds. The van der Waals surface area contributed by atoms with Gasteiger partial charge in [0, 0.05) is 12.3 Å². The summed E-state index contributed by atoms with van der Waals surface area (Å²) in [5, 5.41) is 2.85. The first-order valence-corrected chi connectivity index (χ1v) is 7.82. The van der Waals surface area contributed by atoms with E-state index in [1.165, 1.54) is 0 Å². The minimum Gasteiger partial charge on any atom is -0.295 e. The quantitative estimate of drug-likeness (QED) is 0.688. The third-order valence-corrected chi connectivity index (χ3v) is 4.83. The number of carbonyl (C=O) groups is 2. The Hall–Kier alpha value is -0.950. The first-order valence-electron chi connectivity index (χ1n) is 6.00. The van der Waals surface area contributed by atoms with E-state index in [2.05, 4.69) is 5.32 Å². The van der Waals surface area contributed by atoms with E-state index in [4.69, 9.17) is 0 Å². The highest BCUT2D eigenvalue weighted by molar-refractivity contribution is 7.91. The molecule has 0 spiro atoms. The van der Waals surface area contributed by atoms with Crippen molar-refractivity contribution >= 4 is 21.7 Å². The van der Waals surface area contributed by atoms with E-state index in [1.54, 1.807) is 20.8 Å². The smallest absolute Gasteiger partial charge is 0.248 e. The highest BCUT2D eigenvalue weighted by Gasteiger charge is 2.39. The Labute approximate surface area is 108 Å². The molecule has 18 heavy (non-hydrogen) atoms. The third-order valence-electron chi connectivity index (χ3n) is 3.04. The van der Waals surface area contributed by atoms with Crippen LogP contribution in [0.3, 0.4) is 0 Å². The summed E-state index contributed by atoms with van der Waals surface area (Å²) in [6.07, 6.45) is 0.295. The summed E-state index contributed by atoms with van der Waals surface area (Å²) in [5.41, 5.74) is -0.766. The van der Waals surface area contributed by atoms with E-state index < -0.39 is 15.4 Å². The van der Waals surface area contributed by atoms with Crippen LogP contribution in [0.4, 0.5) is 0 Å². The molecule has 1 N–H and O–H groups in total. The van der Waals surface area contributed by atoms with Crippen molar-refractivity contribution in [2.24, 2.45) is 0 Å². The largest absolute Gasteiger partial charge is 0.295 e. The van der Waals surface area contributed by atoms with Gasteiger partial charge in [0.25, 0.3) is 0 Å². The molecule has 0 aliphatic carbocycles. The number of carbonyl (C=O) groups excluding carboxylic acids is 2. The fraction of sp³-hybridized carbons (Fsp3) is 0.818.